The van der Waals surface area contributed by atoms with Gasteiger partial charge < -0.3 is 14.6 Å². The van der Waals surface area contributed by atoms with Crippen LogP contribution in [0, 0.1) is 6.92 Å². The molecule has 0 aliphatic rings. The number of nitrogens with one attached hydrogen (secondary N) is 1. The Bertz CT molecular complexity index is 494. The lowest BCUT2D eigenvalue weighted by Crippen LogP contribution is -2.11. The van der Waals surface area contributed by atoms with Crippen molar-refractivity contribution >= 4 is 17.3 Å². The van der Waals surface area contributed by atoms with Crippen LogP contribution in [0.15, 0.2) is 17.8 Å². The van der Waals surface area contributed by atoms with Gasteiger partial charge in [-0.3, -0.25) is 0 Å². The van der Waals surface area contributed by atoms with Crippen molar-refractivity contribution in [2.75, 3.05) is 25.6 Å². The van der Waals surface area contributed by atoms with Gasteiger partial charge >= 0.3 is 0 Å². The monoisotopic (exact) mass is 280 g/mol. The lowest BCUT2D eigenvalue weighted by molar-refractivity contribution is 0.197. The van der Waals surface area contributed by atoms with Crippen LogP contribution in [-0.4, -0.2) is 34.8 Å². The predicted octanol–water partition coefficient (Wildman–Crippen LogP) is 2.34. The van der Waals surface area contributed by atoms with Gasteiger partial charge in [-0.15, -0.1) is 11.3 Å². The van der Waals surface area contributed by atoms with Gasteiger partial charge in [-0.1, -0.05) is 0 Å². The van der Waals surface area contributed by atoms with Crippen LogP contribution in [0.2, 0.25) is 0 Å². The molecule has 0 radical (unpaired) electrons. The molecule has 0 aliphatic carbocycles. The molecule has 0 atom stereocenters. The summed E-state index contributed by atoms with van der Waals surface area (Å²) in [6.07, 6.45) is 5.75. The van der Waals surface area contributed by atoms with Crippen LogP contribution in [0.4, 0.5) is 5.95 Å². The molecule has 19 heavy (non-hydrogen) atoms. The van der Waals surface area contributed by atoms with Crippen molar-refractivity contribution in [1.82, 2.24) is 14.5 Å². The molecule has 0 aliphatic heterocycles. The third-order valence-electron chi connectivity index (χ3n) is 2.76. The molecule has 0 fully saturated rings. The van der Waals surface area contributed by atoms with Gasteiger partial charge in [0.2, 0.25) is 5.95 Å². The molecule has 5 nitrogen and oxygen atoms in total. The Kier molecular flexibility index (Phi) is 5.35. The summed E-state index contributed by atoms with van der Waals surface area (Å²) in [6, 6.07) is 0. The summed E-state index contributed by atoms with van der Waals surface area (Å²) in [6.45, 7) is 4.58. The average Bonchev–Trinajstić information content (AvgIpc) is 3.01. The van der Waals surface area contributed by atoms with Crippen LogP contribution in [0.25, 0.3) is 0 Å². The van der Waals surface area contributed by atoms with Crippen LogP contribution >= 0.6 is 11.3 Å². The van der Waals surface area contributed by atoms with Crippen molar-refractivity contribution in [1.29, 1.82) is 0 Å². The first kappa shape index (κ1) is 14.0. The van der Waals surface area contributed by atoms with Gasteiger partial charge in [0, 0.05) is 56.7 Å². The standard InChI is InChI=1S/C13H20N4OS/c1-11-10-19-12(16-11)4-7-17-8-6-15-13(17)14-5-3-9-18-2/h6,8,10H,3-5,7,9H2,1-2H3,(H,14,15). The number of nitrogens with zero attached hydrogens (tertiary/aromatic N) is 3. The van der Waals surface area contributed by atoms with Gasteiger partial charge in [0.1, 0.15) is 0 Å². The quantitative estimate of drug-likeness (QED) is 0.754. The first-order valence-corrected chi connectivity index (χ1v) is 7.32. The second kappa shape index (κ2) is 7.25. The van der Waals surface area contributed by atoms with Crippen LogP contribution in [0.3, 0.4) is 0 Å². The van der Waals surface area contributed by atoms with Gasteiger partial charge in [0.05, 0.1) is 5.01 Å². The molecule has 2 aromatic heterocycles. The molecule has 0 saturated heterocycles. The summed E-state index contributed by atoms with van der Waals surface area (Å²) in [4.78, 5) is 8.80. The molecule has 104 valence electrons. The molecular weight excluding hydrogens is 260 g/mol. The van der Waals surface area contributed by atoms with E-state index >= 15 is 0 Å². The van der Waals surface area contributed by atoms with Gasteiger partial charge in [-0.2, -0.15) is 0 Å². The zero-order chi connectivity index (χ0) is 13.5. The summed E-state index contributed by atoms with van der Waals surface area (Å²) in [5.41, 5.74) is 1.10. The molecule has 2 heterocycles. The molecule has 0 aromatic carbocycles. The highest BCUT2D eigenvalue weighted by atomic mass is 32.1. The van der Waals surface area contributed by atoms with Crippen LogP contribution < -0.4 is 5.32 Å². The minimum Gasteiger partial charge on any atom is -0.385 e. The molecule has 6 heteroatoms. The van der Waals surface area contributed by atoms with E-state index in [2.05, 4.69) is 25.2 Å². The number of ether oxygens (including phenoxy) is 1. The van der Waals surface area contributed by atoms with E-state index < -0.39 is 0 Å². The smallest absolute Gasteiger partial charge is 0.202 e. The van der Waals surface area contributed by atoms with E-state index in [1.807, 2.05) is 19.3 Å². The van der Waals surface area contributed by atoms with Gasteiger partial charge in [-0.05, 0) is 13.3 Å². The fourth-order valence-electron chi connectivity index (χ4n) is 1.81. The summed E-state index contributed by atoms with van der Waals surface area (Å²) in [5, 5.41) is 6.59. The topological polar surface area (TPSA) is 52.0 Å². The Morgan fingerprint density at radius 3 is 3.11 bits per heavy atom. The van der Waals surface area contributed by atoms with Crippen molar-refractivity contribution < 1.29 is 4.74 Å². The third kappa shape index (κ3) is 4.33. The minimum atomic E-state index is 0.770. The third-order valence-corrected chi connectivity index (χ3v) is 3.78. The zero-order valence-corrected chi connectivity index (χ0v) is 12.2. The predicted molar refractivity (Wildman–Crippen MR) is 77.8 cm³/mol. The second-order valence-corrected chi connectivity index (χ2v) is 5.29. The van der Waals surface area contributed by atoms with E-state index in [1.54, 1.807) is 18.4 Å². The number of hydrogen-bond acceptors (Lipinski definition) is 5. The molecule has 2 aromatic rings. The normalized spacial score (nSPS) is 10.8. The Morgan fingerprint density at radius 1 is 1.47 bits per heavy atom. The highest BCUT2D eigenvalue weighted by molar-refractivity contribution is 7.09. The molecule has 0 amide bonds. The van der Waals surface area contributed by atoms with Crippen LogP contribution in [-0.2, 0) is 17.7 Å². The number of methoxy groups -OCH3 is 1. The van der Waals surface area contributed by atoms with E-state index in [-0.39, 0.29) is 0 Å². The van der Waals surface area contributed by atoms with Crippen molar-refractivity contribution in [3.63, 3.8) is 0 Å². The lowest BCUT2D eigenvalue weighted by Gasteiger charge is -2.08. The lowest BCUT2D eigenvalue weighted by atomic mass is 10.4. The first-order chi connectivity index (χ1) is 9.29. The summed E-state index contributed by atoms with van der Waals surface area (Å²) >= 11 is 1.72. The molecule has 0 unspecified atom stereocenters. The Balaban J connectivity index is 1.81. The largest absolute Gasteiger partial charge is 0.385 e. The highest BCUT2D eigenvalue weighted by Gasteiger charge is 2.04. The number of hydrogen-bond donors (Lipinski definition) is 1. The maximum absolute atomic E-state index is 5.03. The number of anilines is 1. The number of rotatable bonds is 8. The summed E-state index contributed by atoms with van der Waals surface area (Å²) in [7, 11) is 1.72. The van der Waals surface area contributed by atoms with Crippen molar-refractivity contribution in [2.45, 2.75) is 26.3 Å². The summed E-state index contributed by atoms with van der Waals surface area (Å²) < 4.78 is 7.15. The molecule has 0 spiro atoms. The van der Waals surface area contributed by atoms with Gasteiger partial charge in [0.25, 0.3) is 0 Å². The highest BCUT2D eigenvalue weighted by Crippen LogP contribution is 2.12. The van der Waals surface area contributed by atoms with Crippen LogP contribution in [0.5, 0.6) is 0 Å². The first-order valence-electron chi connectivity index (χ1n) is 6.44. The second-order valence-electron chi connectivity index (χ2n) is 4.35. The molecule has 1 N–H and O–H groups in total. The van der Waals surface area contributed by atoms with E-state index in [1.165, 1.54) is 5.01 Å². The van der Waals surface area contributed by atoms with E-state index in [4.69, 9.17) is 4.74 Å². The Labute approximate surface area is 117 Å². The SMILES string of the molecule is COCCCNc1nccn1CCc1nc(C)cs1. The Morgan fingerprint density at radius 2 is 2.37 bits per heavy atom. The molecule has 0 saturated carbocycles. The van der Waals surface area contributed by atoms with Crippen molar-refractivity contribution in [2.24, 2.45) is 0 Å². The van der Waals surface area contributed by atoms with E-state index in [0.29, 0.717) is 0 Å². The number of aromatic nitrogens is 3. The van der Waals surface area contributed by atoms with Crippen molar-refractivity contribution in [3.8, 4) is 0 Å². The van der Waals surface area contributed by atoms with Gasteiger partial charge in [-0.25, -0.2) is 9.97 Å². The van der Waals surface area contributed by atoms with E-state index in [0.717, 1.165) is 44.2 Å². The Hall–Kier alpha value is -1.40. The van der Waals surface area contributed by atoms with Crippen LogP contribution in [0.1, 0.15) is 17.1 Å². The molecule has 0 bridgehead atoms. The number of thiazole rings is 1. The number of aryl methyl sites for hydroxylation is 3. The summed E-state index contributed by atoms with van der Waals surface area (Å²) in [5.74, 6) is 0.921. The zero-order valence-electron chi connectivity index (χ0n) is 11.4. The average molecular weight is 280 g/mol. The molecular formula is C13H20N4OS. The van der Waals surface area contributed by atoms with Gasteiger partial charge in [0.15, 0.2) is 0 Å². The fraction of sp³-hybridized carbons (Fsp3) is 0.538. The van der Waals surface area contributed by atoms with E-state index in [9.17, 15) is 0 Å². The maximum Gasteiger partial charge on any atom is 0.202 e. The maximum atomic E-state index is 5.03. The molecule has 2 rings (SSSR count). The van der Waals surface area contributed by atoms with Crippen molar-refractivity contribution in [3.05, 3.63) is 28.5 Å². The minimum absolute atomic E-state index is 0.770. The fourth-order valence-corrected chi connectivity index (χ4v) is 2.57. The number of imidazole rings is 1.